The zero-order chi connectivity index (χ0) is 20.0. The van der Waals surface area contributed by atoms with Gasteiger partial charge in [0.1, 0.15) is 0 Å². The van der Waals surface area contributed by atoms with Gasteiger partial charge in [-0.1, -0.05) is 48.0 Å². The van der Waals surface area contributed by atoms with E-state index in [2.05, 4.69) is 20.2 Å². The second-order valence-electron chi connectivity index (χ2n) is 5.90. The minimum absolute atomic E-state index is 0.00634. The van der Waals surface area contributed by atoms with E-state index in [0.29, 0.717) is 11.6 Å². The van der Waals surface area contributed by atoms with Gasteiger partial charge in [0.05, 0.1) is 36.4 Å². The fourth-order valence-corrected chi connectivity index (χ4v) is 3.83. The maximum absolute atomic E-state index is 12.4. The number of halogens is 1. The van der Waals surface area contributed by atoms with Crippen LogP contribution in [-0.4, -0.2) is 35.9 Å². The van der Waals surface area contributed by atoms with Crippen LogP contribution in [0.25, 0.3) is 0 Å². The molecule has 10 heteroatoms. The van der Waals surface area contributed by atoms with Crippen LogP contribution in [0.1, 0.15) is 11.6 Å². The lowest BCUT2D eigenvalue weighted by Crippen LogP contribution is -2.40. The molecule has 1 unspecified atom stereocenters. The molecule has 3 rings (SSSR count). The number of rotatable bonds is 8. The maximum Gasteiger partial charge on any atom is 0.241 e. The Hall–Kier alpha value is -2.75. The Morgan fingerprint density at radius 2 is 1.79 bits per heavy atom. The molecule has 146 valence electrons. The Balaban J connectivity index is 1.66. The van der Waals surface area contributed by atoms with E-state index in [1.807, 2.05) is 30.3 Å². The third-order valence-electron chi connectivity index (χ3n) is 3.88. The molecule has 2 aromatic carbocycles. The summed E-state index contributed by atoms with van der Waals surface area (Å²) in [4.78, 5) is 13.8. The summed E-state index contributed by atoms with van der Waals surface area (Å²) in [5.41, 5.74) is 0.853. The number of nitrogens with zero attached hydrogens (tertiary/aromatic N) is 3. The SMILES string of the molecule is O=C(CNS(=O)(=O)c1cccc(Cl)c1)NC(Cn1nccn1)c1ccccc1. The van der Waals surface area contributed by atoms with Gasteiger partial charge in [0.15, 0.2) is 0 Å². The van der Waals surface area contributed by atoms with Crippen LogP contribution in [-0.2, 0) is 21.4 Å². The molecule has 0 fully saturated rings. The Morgan fingerprint density at radius 1 is 1.07 bits per heavy atom. The van der Waals surface area contributed by atoms with E-state index in [9.17, 15) is 13.2 Å². The molecule has 0 saturated heterocycles. The monoisotopic (exact) mass is 419 g/mol. The summed E-state index contributed by atoms with van der Waals surface area (Å²) in [5.74, 6) is -0.480. The number of amides is 1. The molecular weight excluding hydrogens is 402 g/mol. The molecule has 1 aromatic heterocycles. The first kappa shape index (κ1) is 20.0. The van der Waals surface area contributed by atoms with E-state index in [1.165, 1.54) is 23.0 Å². The van der Waals surface area contributed by atoms with Crippen molar-refractivity contribution in [3.8, 4) is 0 Å². The van der Waals surface area contributed by atoms with Crippen LogP contribution in [0.15, 0.2) is 71.9 Å². The number of sulfonamides is 1. The first-order valence-corrected chi connectivity index (χ1v) is 10.2. The molecule has 0 bridgehead atoms. The predicted octanol–water partition coefficient (Wildman–Crippen LogP) is 1.77. The van der Waals surface area contributed by atoms with E-state index in [1.54, 1.807) is 18.5 Å². The Morgan fingerprint density at radius 3 is 2.46 bits per heavy atom. The van der Waals surface area contributed by atoms with Crippen LogP contribution in [0.4, 0.5) is 0 Å². The lowest BCUT2D eigenvalue weighted by Gasteiger charge is -2.19. The molecule has 1 amide bonds. The first-order chi connectivity index (χ1) is 13.4. The number of carbonyl (C=O) groups excluding carboxylic acids is 1. The highest BCUT2D eigenvalue weighted by atomic mass is 35.5. The molecule has 2 N–H and O–H groups in total. The molecule has 0 radical (unpaired) electrons. The smallest absolute Gasteiger partial charge is 0.241 e. The molecule has 3 aromatic rings. The van der Waals surface area contributed by atoms with Crippen LogP contribution < -0.4 is 10.0 Å². The minimum Gasteiger partial charge on any atom is -0.346 e. The predicted molar refractivity (Wildman–Crippen MR) is 104 cm³/mol. The number of hydrogen-bond acceptors (Lipinski definition) is 5. The molecule has 0 saturated carbocycles. The Labute approximate surface area is 167 Å². The summed E-state index contributed by atoms with van der Waals surface area (Å²) in [6.45, 7) is -0.103. The number of nitrogens with one attached hydrogen (secondary N) is 2. The lowest BCUT2D eigenvalue weighted by atomic mass is 10.1. The van der Waals surface area contributed by atoms with Gasteiger partial charge in [-0.05, 0) is 23.8 Å². The highest BCUT2D eigenvalue weighted by molar-refractivity contribution is 7.89. The van der Waals surface area contributed by atoms with Crippen molar-refractivity contribution in [3.05, 3.63) is 77.6 Å². The van der Waals surface area contributed by atoms with E-state index >= 15 is 0 Å². The lowest BCUT2D eigenvalue weighted by molar-refractivity contribution is -0.120. The summed E-state index contributed by atoms with van der Waals surface area (Å²) < 4.78 is 26.9. The van der Waals surface area contributed by atoms with Gasteiger partial charge in [-0.2, -0.15) is 15.0 Å². The molecule has 0 aliphatic carbocycles. The third kappa shape index (κ3) is 5.38. The standard InChI is InChI=1S/C18H18ClN5O3S/c19-15-7-4-8-16(11-15)28(26,27)22-12-18(25)23-17(13-24-20-9-10-21-24)14-5-2-1-3-6-14/h1-11,17,22H,12-13H2,(H,23,25). The van der Waals surface area contributed by atoms with E-state index < -0.39 is 28.5 Å². The summed E-state index contributed by atoms with van der Waals surface area (Å²) >= 11 is 5.83. The average Bonchev–Trinajstić information content (AvgIpc) is 3.20. The van der Waals surface area contributed by atoms with Crippen molar-refractivity contribution in [1.82, 2.24) is 25.0 Å². The van der Waals surface area contributed by atoms with Crippen LogP contribution in [0.2, 0.25) is 5.02 Å². The Bertz CT molecular complexity index is 1030. The third-order valence-corrected chi connectivity index (χ3v) is 5.51. The van der Waals surface area contributed by atoms with Gasteiger partial charge in [0.2, 0.25) is 15.9 Å². The van der Waals surface area contributed by atoms with Gasteiger partial charge in [-0.25, -0.2) is 13.1 Å². The topological polar surface area (TPSA) is 106 Å². The van der Waals surface area contributed by atoms with Crippen molar-refractivity contribution in [2.24, 2.45) is 0 Å². The fourth-order valence-electron chi connectivity index (χ4n) is 2.54. The molecule has 8 nitrogen and oxygen atoms in total. The van der Waals surface area contributed by atoms with Gasteiger partial charge >= 0.3 is 0 Å². The van der Waals surface area contributed by atoms with E-state index in [-0.39, 0.29) is 4.90 Å². The van der Waals surface area contributed by atoms with Gasteiger partial charge in [-0.3, -0.25) is 4.79 Å². The second kappa shape index (κ2) is 8.96. The van der Waals surface area contributed by atoms with Crippen molar-refractivity contribution in [3.63, 3.8) is 0 Å². The molecule has 0 spiro atoms. The van der Waals surface area contributed by atoms with Crippen LogP contribution in [0.3, 0.4) is 0 Å². The molecule has 0 aliphatic heterocycles. The molecule has 1 heterocycles. The summed E-state index contributed by atoms with van der Waals surface area (Å²) in [5, 5.41) is 11.2. The largest absolute Gasteiger partial charge is 0.346 e. The van der Waals surface area contributed by atoms with Crippen molar-refractivity contribution in [2.45, 2.75) is 17.5 Å². The van der Waals surface area contributed by atoms with Crippen molar-refractivity contribution in [2.75, 3.05) is 6.54 Å². The van der Waals surface area contributed by atoms with Crippen LogP contribution >= 0.6 is 11.6 Å². The molecule has 1 atom stereocenters. The summed E-state index contributed by atoms with van der Waals surface area (Å²) in [7, 11) is -3.85. The average molecular weight is 420 g/mol. The number of aromatic nitrogens is 3. The van der Waals surface area contributed by atoms with Crippen LogP contribution in [0, 0.1) is 0 Å². The first-order valence-electron chi connectivity index (χ1n) is 8.38. The van der Waals surface area contributed by atoms with Crippen molar-refractivity contribution >= 4 is 27.5 Å². The summed E-state index contributed by atoms with van der Waals surface area (Å²) in [6.07, 6.45) is 3.09. The van der Waals surface area contributed by atoms with Gasteiger partial charge < -0.3 is 5.32 Å². The van der Waals surface area contributed by atoms with Gasteiger partial charge in [0.25, 0.3) is 0 Å². The maximum atomic E-state index is 12.4. The number of benzene rings is 2. The van der Waals surface area contributed by atoms with Gasteiger partial charge in [0, 0.05) is 5.02 Å². The number of carbonyl (C=O) groups is 1. The van der Waals surface area contributed by atoms with E-state index in [4.69, 9.17) is 11.6 Å². The van der Waals surface area contributed by atoms with E-state index in [0.717, 1.165) is 5.56 Å². The quantitative estimate of drug-likeness (QED) is 0.578. The normalized spacial score (nSPS) is 12.5. The molecule has 28 heavy (non-hydrogen) atoms. The molecule has 0 aliphatic rings. The molecular formula is C18H18ClN5O3S. The van der Waals surface area contributed by atoms with Crippen molar-refractivity contribution < 1.29 is 13.2 Å². The van der Waals surface area contributed by atoms with Gasteiger partial charge in [-0.15, -0.1) is 0 Å². The second-order valence-corrected chi connectivity index (χ2v) is 8.10. The fraction of sp³-hybridized carbons (Fsp3) is 0.167. The number of hydrogen-bond donors (Lipinski definition) is 2. The minimum atomic E-state index is -3.85. The Kier molecular flexibility index (Phi) is 6.40. The van der Waals surface area contributed by atoms with Crippen LogP contribution in [0.5, 0.6) is 0 Å². The zero-order valence-corrected chi connectivity index (χ0v) is 16.3. The summed E-state index contributed by atoms with van der Waals surface area (Å²) in [6, 6.07) is 14.7. The van der Waals surface area contributed by atoms with Crippen molar-refractivity contribution in [1.29, 1.82) is 0 Å². The highest BCUT2D eigenvalue weighted by Gasteiger charge is 2.19. The zero-order valence-electron chi connectivity index (χ0n) is 14.7. The highest BCUT2D eigenvalue weighted by Crippen LogP contribution is 2.16.